The van der Waals surface area contributed by atoms with Crippen LogP contribution >= 0.6 is 0 Å². The summed E-state index contributed by atoms with van der Waals surface area (Å²) in [5.74, 6) is -0.111. The summed E-state index contributed by atoms with van der Waals surface area (Å²) in [5.41, 5.74) is -1.97. The van der Waals surface area contributed by atoms with E-state index in [1.807, 2.05) is 13.8 Å². The quantitative estimate of drug-likeness (QED) is 0.531. The van der Waals surface area contributed by atoms with E-state index >= 15 is 0 Å². The van der Waals surface area contributed by atoms with Gasteiger partial charge in [0.25, 0.3) is 0 Å². The van der Waals surface area contributed by atoms with Crippen molar-refractivity contribution in [3.63, 3.8) is 0 Å². The number of carbonyl (C=O) groups excluding carboxylic acids is 2. The van der Waals surface area contributed by atoms with Crippen LogP contribution in [0.1, 0.15) is 53.4 Å². The second kappa shape index (κ2) is 6.40. The van der Waals surface area contributed by atoms with Gasteiger partial charge in [-0.15, -0.1) is 0 Å². The normalized spacial score (nSPS) is 47.1. The lowest BCUT2D eigenvalue weighted by Gasteiger charge is -2.61. The SMILES string of the molecule is CC(O)COCC12CC3C(C)CCC3C3(C=O)CC1C=C(C(C)C)C32C(=O)[O-]. The number of allylic oxidation sites excluding steroid dienone is 1. The second-order valence-corrected chi connectivity index (χ2v) is 10.3. The molecule has 0 amide bonds. The van der Waals surface area contributed by atoms with Gasteiger partial charge in [-0.1, -0.05) is 38.8 Å². The van der Waals surface area contributed by atoms with Gasteiger partial charge in [-0.2, -0.15) is 0 Å². The summed E-state index contributed by atoms with van der Waals surface area (Å²) in [6, 6.07) is 0. The monoisotopic (exact) mass is 389 g/mol. The van der Waals surface area contributed by atoms with Gasteiger partial charge in [0.1, 0.15) is 6.29 Å². The molecule has 0 aromatic heterocycles. The van der Waals surface area contributed by atoms with E-state index in [1.54, 1.807) is 6.92 Å². The van der Waals surface area contributed by atoms with Crippen molar-refractivity contribution >= 4 is 12.3 Å². The van der Waals surface area contributed by atoms with E-state index in [4.69, 9.17) is 4.74 Å². The standard InChI is InChI=1S/C23H34O5/c1-13(2)19-7-16-8-21(11-24)18-6-5-14(3)17(18)9-22(16,12-28-10-15(4)25)23(19,21)20(26)27/h7,11,13-18,25H,5-6,8-10,12H2,1-4H3,(H,26,27)/p-1. The first-order valence-corrected chi connectivity index (χ1v) is 10.8. The summed E-state index contributed by atoms with van der Waals surface area (Å²) >= 11 is 0. The van der Waals surface area contributed by atoms with Gasteiger partial charge in [0.15, 0.2) is 0 Å². The van der Waals surface area contributed by atoms with Gasteiger partial charge in [0.05, 0.1) is 30.7 Å². The fourth-order valence-electron chi connectivity index (χ4n) is 8.02. The van der Waals surface area contributed by atoms with Crippen molar-refractivity contribution in [3.8, 4) is 0 Å². The van der Waals surface area contributed by atoms with Crippen molar-refractivity contribution < 1.29 is 24.5 Å². The largest absolute Gasteiger partial charge is 0.549 e. The zero-order valence-corrected chi connectivity index (χ0v) is 17.4. The Morgan fingerprint density at radius 3 is 2.64 bits per heavy atom. The average molecular weight is 390 g/mol. The first kappa shape index (κ1) is 20.1. The van der Waals surface area contributed by atoms with Crippen molar-refractivity contribution in [3.05, 3.63) is 11.6 Å². The van der Waals surface area contributed by atoms with Crippen molar-refractivity contribution in [2.45, 2.75) is 59.5 Å². The van der Waals surface area contributed by atoms with Crippen molar-refractivity contribution in [1.29, 1.82) is 0 Å². The first-order chi connectivity index (χ1) is 13.2. The minimum absolute atomic E-state index is 0.0137. The molecule has 0 spiro atoms. The van der Waals surface area contributed by atoms with Crippen molar-refractivity contribution in [1.82, 2.24) is 0 Å². The number of carboxylic acids is 1. The van der Waals surface area contributed by atoms with Crippen LogP contribution in [0.5, 0.6) is 0 Å². The van der Waals surface area contributed by atoms with Crippen LogP contribution in [0.3, 0.4) is 0 Å². The number of ether oxygens (including phenoxy) is 1. The van der Waals surface area contributed by atoms with E-state index in [2.05, 4.69) is 13.0 Å². The van der Waals surface area contributed by atoms with Gasteiger partial charge < -0.3 is 24.5 Å². The summed E-state index contributed by atoms with van der Waals surface area (Å²) < 4.78 is 5.92. The number of aliphatic hydroxyl groups is 1. The van der Waals surface area contributed by atoms with Gasteiger partial charge in [0, 0.05) is 10.8 Å². The Morgan fingerprint density at radius 2 is 2.07 bits per heavy atom. The Labute approximate surface area is 167 Å². The van der Waals surface area contributed by atoms with Gasteiger partial charge >= 0.3 is 0 Å². The van der Waals surface area contributed by atoms with Gasteiger partial charge in [-0.3, -0.25) is 0 Å². The molecule has 0 aliphatic heterocycles. The van der Waals surface area contributed by atoms with Crippen LogP contribution in [0.25, 0.3) is 0 Å². The van der Waals surface area contributed by atoms with E-state index in [1.165, 1.54) is 0 Å². The second-order valence-electron chi connectivity index (χ2n) is 10.3. The highest BCUT2D eigenvalue weighted by molar-refractivity contribution is 5.89. The number of rotatable bonds is 7. The molecule has 0 saturated heterocycles. The molecule has 156 valence electrons. The molecule has 5 nitrogen and oxygen atoms in total. The molecule has 1 N–H and O–H groups in total. The highest BCUT2D eigenvalue weighted by atomic mass is 16.5. The van der Waals surface area contributed by atoms with Crippen LogP contribution in [-0.4, -0.2) is 36.7 Å². The van der Waals surface area contributed by atoms with Gasteiger partial charge in [-0.25, -0.2) is 0 Å². The van der Waals surface area contributed by atoms with Crippen LogP contribution in [-0.2, 0) is 14.3 Å². The molecular formula is C23H33O5-. The third-order valence-corrected chi connectivity index (χ3v) is 8.83. The topological polar surface area (TPSA) is 86.7 Å². The fourth-order valence-corrected chi connectivity index (χ4v) is 8.02. The lowest BCUT2D eigenvalue weighted by molar-refractivity contribution is -0.332. The maximum atomic E-state index is 13.0. The van der Waals surface area contributed by atoms with E-state index in [0.29, 0.717) is 18.3 Å². The molecule has 0 aromatic rings. The number of aliphatic hydroxyl groups excluding tert-OH is 1. The van der Waals surface area contributed by atoms with E-state index < -0.39 is 28.3 Å². The van der Waals surface area contributed by atoms with E-state index in [0.717, 1.165) is 31.1 Å². The Morgan fingerprint density at radius 1 is 1.36 bits per heavy atom. The molecule has 3 fully saturated rings. The lowest BCUT2D eigenvalue weighted by Crippen LogP contribution is -2.66. The van der Waals surface area contributed by atoms with Crippen LogP contribution in [0.15, 0.2) is 11.6 Å². The minimum Gasteiger partial charge on any atom is -0.549 e. The maximum absolute atomic E-state index is 13.0. The summed E-state index contributed by atoms with van der Waals surface area (Å²) in [6.45, 7) is 8.37. The number of carbonyl (C=O) groups is 2. The Kier molecular flexibility index (Phi) is 4.59. The van der Waals surface area contributed by atoms with Crippen LogP contribution in [0.4, 0.5) is 0 Å². The zero-order valence-electron chi connectivity index (χ0n) is 17.4. The van der Waals surface area contributed by atoms with Gasteiger partial charge in [0.2, 0.25) is 0 Å². The molecular weight excluding hydrogens is 356 g/mol. The Bertz CT molecular complexity index is 712. The van der Waals surface area contributed by atoms with E-state index in [-0.39, 0.29) is 31.0 Å². The van der Waals surface area contributed by atoms with Crippen LogP contribution < -0.4 is 5.11 Å². The lowest BCUT2D eigenvalue weighted by atomic mass is 9.43. The predicted octanol–water partition coefficient (Wildman–Crippen LogP) is 1.97. The number of fused-ring (bicyclic) bond motifs is 2. The maximum Gasteiger partial charge on any atom is 0.127 e. The third kappa shape index (κ3) is 2.10. The molecule has 8 atom stereocenters. The average Bonchev–Trinajstić information content (AvgIpc) is 3.18. The van der Waals surface area contributed by atoms with E-state index in [9.17, 15) is 19.8 Å². The molecule has 8 unspecified atom stereocenters. The molecule has 0 radical (unpaired) electrons. The molecule has 5 heteroatoms. The van der Waals surface area contributed by atoms with Crippen molar-refractivity contribution in [2.24, 2.45) is 45.8 Å². The van der Waals surface area contributed by atoms with Crippen LogP contribution in [0.2, 0.25) is 0 Å². The number of aldehydes is 1. The molecule has 4 aliphatic rings. The zero-order chi connectivity index (χ0) is 20.5. The summed E-state index contributed by atoms with van der Waals surface area (Å²) in [6.07, 6.45) is 5.85. The van der Waals surface area contributed by atoms with Crippen LogP contribution in [0, 0.1) is 45.8 Å². The first-order valence-electron chi connectivity index (χ1n) is 10.8. The molecule has 4 rings (SSSR count). The molecule has 4 bridgehead atoms. The number of aliphatic carboxylic acids is 1. The molecule has 0 aromatic carbocycles. The number of hydrogen-bond acceptors (Lipinski definition) is 5. The Hall–Kier alpha value is -1.20. The summed E-state index contributed by atoms with van der Waals surface area (Å²) in [7, 11) is 0. The summed E-state index contributed by atoms with van der Waals surface area (Å²) in [4.78, 5) is 25.8. The molecule has 4 aliphatic carbocycles. The number of carboxylic acid groups (broad SMARTS) is 1. The molecule has 3 saturated carbocycles. The third-order valence-electron chi connectivity index (χ3n) is 8.83. The van der Waals surface area contributed by atoms with Gasteiger partial charge in [-0.05, 0) is 55.8 Å². The van der Waals surface area contributed by atoms with Crippen molar-refractivity contribution in [2.75, 3.05) is 13.2 Å². The summed E-state index contributed by atoms with van der Waals surface area (Å²) in [5, 5.41) is 22.7. The smallest absolute Gasteiger partial charge is 0.127 e. The Balaban J connectivity index is 1.90. The number of hydrogen-bond donors (Lipinski definition) is 1. The molecule has 0 heterocycles. The highest BCUT2D eigenvalue weighted by Gasteiger charge is 2.81. The fraction of sp³-hybridized carbons (Fsp3) is 0.826. The molecule has 28 heavy (non-hydrogen) atoms. The highest BCUT2D eigenvalue weighted by Crippen LogP contribution is 2.82. The predicted molar refractivity (Wildman–Crippen MR) is 102 cm³/mol. The minimum atomic E-state index is -1.29.